The molecule has 5 rings (SSSR count). The van der Waals surface area contributed by atoms with Gasteiger partial charge in [-0.25, -0.2) is 18.4 Å². The molecule has 0 bridgehead atoms. The van der Waals surface area contributed by atoms with Gasteiger partial charge in [-0.15, -0.1) is 0 Å². The number of hydrogen-bond donors (Lipinski definition) is 0. The molecule has 3 heterocycles. The van der Waals surface area contributed by atoms with E-state index in [9.17, 15) is 35.6 Å². The lowest BCUT2D eigenvalue weighted by Gasteiger charge is -2.19. The van der Waals surface area contributed by atoms with Crippen molar-refractivity contribution in [2.75, 3.05) is 5.75 Å². The molecule has 13 heteroatoms. The minimum Gasteiger partial charge on any atom is -0.435 e. The Bertz CT molecular complexity index is 1640. The van der Waals surface area contributed by atoms with Crippen molar-refractivity contribution in [3.8, 4) is 17.7 Å². The highest BCUT2D eigenvalue weighted by Gasteiger charge is 2.58. The summed E-state index contributed by atoms with van der Waals surface area (Å²) in [6.07, 6.45) is -3.03. The average Bonchev–Trinajstić information content (AvgIpc) is 3.33. The molecule has 0 N–H and O–H groups in total. The number of halogens is 5. The van der Waals surface area contributed by atoms with Crippen LogP contribution in [0.2, 0.25) is 0 Å². The number of aromatic nitrogens is 3. The van der Waals surface area contributed by atoms with Gasteiger partial charge >= 0.3 is 12.1 Å². The largest absolute Gasteiger partial charge is 0.458 e. The number of benzene rings is 1. The Hall–Kier alpha value is -3.53. The molecule has 1 saturated carbocycles. The molecule has 3 aromatic heterocycles. The molecule has 35 heavy (non-hydrogen) atoms. The molecular weight excluding hydrogens is 495 g/mol. The third kappa shape index (κ3) is 3.46. The number of oxazole rings is 1. The van der Waals surface area contributed by atoms with Crippen LogP contribution in [-0.4, -0.2) is 34.7 Å². The number of imidazole rings is 1. The third-order valence-corrected chi connectivity index (χ3v) is 7.82. The number of alkyl halides is 5. The van der Waals surface area contributed by atoms with Crippen molar-refractivity contribution in [3.05, 3.63) is 47.7 Å². The summed E-state index contributed by atoms with van der Waals surface area (Å²) in [7, 11) is -3.92. The number of fused-ring (bicyclic) bond motifs is 2. The molecule has 4 aromatic rings. The summed E-state index contributed by atoms with van der Waals surface area (Å²) in [5, 5.41) is 9.21. The van der Waals surface area contributed by atoms with Gasteiger partial charge < -0.3 is 4.42 Å². The van der Waals surface area contributed by atoms with Gasteiger partial charge in [-0.2, -0.15) is 27.2 Å². The summed E-state index contributed by atoms with van der Waals surface area (Å²) < 4.78 is 98.6. The molecule has 1 aliphatic carbocycles. The molecule has 0 unspecified atom stereocenters. The van der Waals surface area contributed by atoms with Crippen LogP contribution in [0.15, 0.2) is 46.0 Å². The van der Waals surface area contributed by atoms with Crippen LogP contribution in [0.4, 0.5) is 22.0 Å². The first-order chi connectivity index (χ1) is 16.3. The van der Waals surface area contributed by atoms with E-state index < -0.39 is 32.9 Å². The maximum Gasteiger partial charge on any atom is 0.458 e. The van der Waals surface area contributed by atoms with Gasteiger partial charge in [0, 0.05) is 11.8 Å². The van der Waals surface area contributed by atoms with Crippen LogP contribution >= 0.6 is 0 Å². The fraction of sp³-hybridized carbons (Fsp3) is 0.318. The normalized spacial score (nSPS) is 16.0. The number of hydrogen-bond acceptors (Lipinski definition) is 6. The summed E-state index contributed by atoms with van der Waals surface area (Å²) in [6.45, 7) is 1.42. The maximum atomic E-state index is 13.8. The molecule has 0 atom stereocenters. The number of pyridine rings is 1. The topological polar surface area (TPSA) is 101 Å². The van der Waals surface area contributed by atoms with Crippen molar-refractivity contribution in [1.82, 2.24) is 14.4 Å². The van der Waals surface area contributed by atoms with Gasteiger partial charge in [0.15, 0.2) is 26.1 Å². The SMILES string of the molecule is CCS(=O)(=O)c1c(-c2nc3cc(C(F)(F)C(F)(F)F)ccc3o2)nc2cc(C3(C#N)CC3)ccn12. The Kier molecular flexibility index (Phi) is 4.80. The highest BCUT2D eigenvalue weighted by Crippen LogP contribution is 2.48. The molecule has 1 aromatic carbocycles. The zero-order chi connectivity index (χ0) is 25.4. The molecule has 0 amide bonds. The minimum absolute atomic E-state index is 0.124. The number of nitriles is 1. The van der Waals surface area contributed by atoms with Crippen molar-refractivity contribution in [2.45, 2.75) is 42.3 Å². The van der Waals surface area contributed by atoms with E-state index in [0.717, 1.165) is 6.07 Å². The lowest BCUT2D eigenvalue weighted by atomic mass is 9.99. The van der Waals surface area contributed by atoms with E-state index in [2.05, 4.69) is 16.0 Å². The van der Waals surface area contributed by atoms with Crippen LogP contribution in [0.5, 0.6) is 0 Å². The predicted octanol–water partition coefficient (Wildman–Crippen LogP) is 5.15. The van der Waals surface area contributed by atoms with E-state index in [1.807, 2.05) is 0 Å². The summed E-state index contributed by atoms with van der Waals surface area (Å²) in [6, 6.07) is 7.48. The second-order valence-electron chi connectivity index (χ2n) is 8.28. The van der Waals surface area contributed by atoms with E-state index in [1.165, 1.54) is 17.5 Å². The molecule has 0 saturated heterocycles. The monoisotopic (exact) mass is 510 g/mol. The van der Waals surface area contributed by atoms with E-state index in [1.54, 1.807) is 12.1 Å². The summed E-state index contributed by atoms with van der Waals surface area (Å²) >= 11 is 0. The summed E-state index contributed by atoms with van der Waals surface area (Å²) in [5.41, 5.74) is -1.79. The van der Waals surface area contributed by atoms with Gasteiger partial charge in [0.2, 0.25) is 5.89 Å². The lowest BCUT2D eigenvalue weighted by molar-refractivity contribution is -0.289. The zero-order valence-corrected chi connectivity index (χ0v) is 18.7. The number of rotatable bonds is 5. The second kappa shape index (κ2) is 7.24. The van der Waals surface area contributed by atoms with Crippen molar-refractivity contribution in [1.29, 1.82) is 5.26 Å². The molecule has 0 radical (unpaired) electrons. The van der Waals surface area contributed by atoms with Crippen molar-refractivity contribution in [3.63, 3.8) is 0 Å². The Labute approximate surface area is 194 Å². The van der Waals surface area contributed by atoms with Gasteiger partial charge in [0.25, 0.3) is 0 Å². The van der Waals surface area contributed by atoms with E-state index in [4.69, 9.17) is 4.42 Å². The summed E-state index contributed by atoms with van der Waals surface area (Å²) in [5.74, 6) is -5.78. The van der Waals surface area contributed by atoms with E-state index in [0.29, 0.717) is 30.5 Å². The quantitative estimate of drug-likeness (QED) is 0.345. The molecule has 1 fully saturated rings. The Morgan fingerprint density at radius 3 is 2.46 bits per heavy atom. The smallest absolute Gasteiger partial charge is 0.435 e. The van der Waals surface area contributed by atoms with Crippen LogP contribution in [0.25, 0.3) is 28.3 Å². The molecule has 182 valence electrons. The fourth-order valence-electron chi connectivity index (χ4n) is 3.87. The first kappa shape index (κ1) is 23.2. The third-order valence-electron chi connectivity index (χ3n) is 6.08. The van der Waals surface area contributed by atoms with Crippen LogP contribution in [0, 0.1) is 11.3 Å². The lowest BCUT2D eigenvalue weighted by Crippen LogP contribution is -2.33. The van der Waals surface area contributed by atoms with Gasteiger partial charge in [-0.05, 0) is 48.7 Å². The Morgan fingerprint density at radius 1 is 1.14 bits per heavy atom. The first-order valence-corrected chi connectivity index (χ1v) is 12.0. The van der Waals surface area contributed by atoms with Crippen molar-refractivity contribution < 1.29 is 34.8 Å². The molecular formula is C22H15F5N4O3S. The number of nitrogens with zero attached hydrogens (tertiary/aromatic N) is 4. The van der Waals surface area contributed by atoms with Crippen LogP contribution in [0.3, 0.4) is 0 Å². The van der Waals surface area contributed by atoms with Crippen molar-refractivity contribution >= 4 is 26.6 Å². The summed E-state index contributed by atoms with van der Waals surface area (Å²) in [4.78, 5) is 8.31. The van der Waals surface area contributed by atoms with Crippen LogP contribution in [0.1, 0.15) is 30.9 Å². The fourth-order valence-corrected chi connectivity index (χ4v) is 5.03. The van der Waals surface area contributed by atoms with Crippen molar-refractivity contribution in [2.24, 2.45) is 0 Å². The van der Waals surface area contributed by atoms with E-state index >= 15 is 0 Å². The van der Waals surface area contributed by atoms with Gasteiger partial charge in [0.1, 0.15) is 11.2 Å². The first-order valence-electron chi connectivity index (χ1n) is 10.4. The molecule has 7 nitrogen and oxygen atoms in total. The second-order valence-corrected chi connectivity index (χ2v) is 10.5. The average molecular weight is 510 g/mol. The Morgan fingerprint density at radius 2 is 1.86 bits per heavy atom. The molecule has 0 aliphatic heterocycles. The maximum absolute atomic E-state index is 13.8. The standard InChI is InChI=1S/C22H15F5N4O3S/c1-2-35(32,33)19-17(30-16-10-12(5-8-31(16)19)20(11-28)6-7-20)18-29-14-9-13(3-4-15(14)34-18)21(23,24)22(25,26)27/h3-5,8-10H,2,6-7H2,1H3. The minimum atomic E-state index is -5.81. The van der Waals surface area contributed by atoms with Gasteiger partial charge in [-0.1, -0.05) is 6.92 Å². The van der Waals surface area contributed by atoms with Crippen LogP contribution in [-0.2, 0) is 21.2 Å². The highest BCUT2D eigenvalue weighted by molar-refractivity contribution is 7.91. The Balaban J connectivity index is 1.70. The highest BCUT2D eigenvalue weighted by atomic mass is 32.2. The molecule has 0 spiro atoms. The number of sulfone groups is 1. The predicted molar refractivity (Wildman–Crippen MR) is 112 cm³/mol. The van der Waals surface area contributed by atoms with Gasteiger partial charge in [-0.3, -0.25) is 4.40 Å². The van der Waals surface area contributed by atoms with E-state index in [-0.39, 0.29) is 39.1 Å². The van der Waals surface area contributed by atoms with Crippen LogP contribution < -0.4 is 0 Å². The molecule has 1 aliphatic rings. The zero-order valence-electron chi connectivity index (χ0n) is 17.9. The van der Waals surface area contributed by atoms with Gasteiger partial charge in [0.05, 0.1) is 17.2 Å².